The zero-order valence-electron chi connectivity index (χ0n) is 11.2. The molecule has 0 bridgehead atoms. The van der Waals surface area contributed by atoms with Crippen LogP contribution in [0.25, 0.3) is 0 Å². The van der Waals surface area contributed by atoms with Crippen molar-refractivity contribution in [1.82, 2.24) is 15.1 Å². The number of esters is 1. The van der Waals surface area contributed by atoms with Gasteiger partial charge in [0.1, 0.15) is 5.60 Å². The van der Waals surface area contributed by atoms with E-state index in [2.05, 4.69) is 10.4 Å². The van der Waals surface area contributed by atoms with Crippen molar-refractivity contribution in [2.75, 3.05) is 6.54 Å². The summed E-state index contributed by atoms with van der Waals surface area (Å²) in [5, 5.41) is 7.28. The second kappa shape index (κ2) is 5.31. The molecule has 0 fully saturated rings. The normalized spacial score (nSPS) is 11.6. The van der Waals surface area contributed by atoms with Gasteiger partial charge >= 0.3 is 5.97 Å². The van der Waals surface area contributed by atoms with Crippen LogP contribution in [0.5, 0.6) is 0 Å². The molecular formula is C12H21N3O2. The van der Waals surface area contributed by atoms with Crippen molar-refractivity contribution >= 4 is 5.97 Å². The average molecular weight is 239 g/mol. The number of hydrogen-bond acceptors (Lipinski definition) is 4. The first-order valence-corrected chi connectivity index (χ1v) is 5.69. The number of nitrogens with zero attached hydrogens (tertiary/aromatic N) is 2. The van der Waals surface area contributed by atoms with Crippen LogP contribution in [0.2, 0.25) is 0 Å². The third-order valence-corrected chi connectivity index (χ3v) is 2.12. The van der Waals surface area contributed by atoms with Gasteiger partial charge in [-0.3, -0.25) is 9.48 Å². The standard InChI is InChI=1S/C12H21N3O2/c1-9-10(8-15(5)14-9)6-13-7-11(16)17-12(2,3)4/h8,13H,6-7H2,1-5H3. The van der Waals surface area contributed by atoms with Crippen LogP contribution in [-0.4, -0.2) is 27.9 Å². The van der Waals surface area contributed by atoms with Gasteiger partial charge in [0.05, 0.1) is 12.2 Å². The third-order valence-electron chi connectivity index (χ3n) is 2.12. The monoisotopic (exact) mass is 239 g/mol. The first-order chi connectivity index (χ1) is 7.78. The lowest BCUT2D eigenvalue weighted by molar-refractivity contribution is -0.153. The van der Waals surface area contributed by atoms with E-state index in [1.165, 1.54) is 0 Å². The largest absolute Gasteiger partial charge is 0.459 e. The predicted molar refractivity (Wildman–Crippen MR) is 65.5 cm³/mol. The van der Waals surface area contributed by atoms with E-state index in [0.29, 0.717) is 6.54 Å². The molecule has 0 spiro atoms. The van der Waals surface area contributed by atoms with E-state index in [-0.39, 0.29) is 12.5 Å². The van der Waals surface area contributed by atoms with Crippen LogP contribution in [0.3, 0.4) is 0 Å². The zero-order chi connectivity index (χ0) is 13.1. The Morgan fingerprint density at radius 2 is 2.18 bits per heavy atom. The number of nitrogens with one attached hydrogen (secondary N) is 1. The third kappa shape index (κ3) is 4.99. The van der Waals surface area contributed by atoms with E-state index < -0.39 is 5.60 Å². The maximum Gasteiger partial charge on any atom is 0.320 e. The topological polar surface area (TPSA) is 56.2 Å². The number of aromatic nitrogens is 2. The van der Waals surface area contributed by atoms with Crippen molar-refractivity contribution in [2.24, 2.45) is 7.05 Å². The molecule has 1 aromatic rings. The van der Waals surface area contributed by atoms with Crippen LogP contribution in [0.4, 0.5) is 0 Å². The maximum atomic E-state index is 11.4. The lowest BCUT2D eigenvalue weighted by atomic mass is 10.2. The summed E-state index contributed by atoms with van der Waals surface area (Å²) in [4.78, 5) is 11.4. The smallest absolute Gasteiger partial charge is 0.320 e. The van der Waals surface area contributed by atoms with Crippen LogP contribution in [-0.2, 0) is 23.1 Å². The number of hydrogen-bond donors (Lipinski definition) is 1. The molecule has 5 heteroatoms. The minimum Gasteiger partial charge on any atom is -0.459 e. The summed E-state index contributed by atoms with van der Waals surface area (Å²) in [6.07, 6.45) is 1.94. The van der Waals surface area contributed by atoms with Gasteiger partial charge in [-0.25, -0.2) is 0 Å². The average Bonchev–Trinajstić information content (AvgIpc) is 2.42. The summed E-state index contributed by atoms with van der Waals surface area (Å²) in [6, 6.07) is 0. The van der Waals surface area contributed by atoms with Crippen LogP contribution in [0.1, 0.15) is 32.0 Å². The van der Waals surface area contributed by atoms with Gasteiger partial charge in [-0.2, -0.15) is 5.10 Å². The molecule has 0 saturated heterocycles. The van der Waals surface area contributed by atoms with Gasteiger partial charge in [0.2, 0.25) is 0 Å². The molecule has 96 valence electrons. The molecule has 0 atom stereocenters. The molecule has 1 N–H and O–H groups in total. The second-order valence-electron chi connectivity index (χ2n) is 5.10. The minimum atomic E-state index is -0.428. The molecule has 0 saturated carbocycles. The van der Waals surface area contributed by atoms with E-state index >= 15 is 0 Å². The van der Waals surface area contributed by atoms with Crippen molar-refractivity contribution in [3.05, 3.63) is 17.5 Å². The molecular weight excluding hydrogens is 218 g/mol. The molecule has 0 aliphatic rings. The lowest BCUT2D eigenvalue weighted by Gasteiger charge is -2.19. The van der Waals surface area contributed by atoms with Crippen molar-refractivity contribution in [3.8, 4) is 0 Å². The molecule has 5 nitrogen and oxygen atoms in total. The van der Waals surface area contributed by atoms with Crippen molar-refractivity contribution in [3.63, 3.8) is 0 Å². The highest BCUT2D eigenvalue weighted by molar-refractivity contribution is 5.72. The number of ether oxygens (including phenoxy) is 1. The van der Waals surface area contributed by atoms with E-state index in [9.17, 15) is 4.79 Å². The molecule has 17 heavy (non-hydrogen) atoms. The summed E-state index contributed by atoms with van der Waals surface area (Å²) in [5.41, 5.74) is 1.64. The number of rotatable bonds is 4. The van der Waals surface area contributed by atoms with Gasteiger partial charge < -0.3 is 10.1 Å². The highest BCUT2D eigenvalue weighted by Gasteiger charge is 2.15. The summed E-state index contributed by atoms with van der Waals surface area (Å²) in [5.74, 6) is -0.237. The Balaban J connectivity index is 2.33. The van der Waals surface area contributed by atoms with Crippen molar-refractivity contribution in [1.29, 1.82) is 0 Å². The zero-order valence-corrected chi connectivity index (χ0v) is 11.2. The van der Waals surface area contributed by atoms with Crippen molar-refractivity contribution < 1.29 is 9.53 Å². The highest BCUT2D eigenvalue weighted by atomic mass is 16.6. The first-order valence-electron chi connectivity index (χ1n) is 5.69. The van der Waals surface area contributed by atoms with Crippen LogP contribution >= 0.6 is 0 Å². The van der Waals surface area contributed by atoms with E-state index in [1.54, 1.807) is 4.68 Å². The van der Waals surface area contributed by atoms with Gasteiger partial charge in [0.15, 0.2) is 0 Å². The van der Waals surface area contributed by atoms with Gasteiger partial charge in [-0.15, -0.1) is 0 Å². The summed E-state index contributed by atoms with van der Waals surface area (Å²) < 4.78 is 6.95. The summed E-state index contributed by atoms with van der Waals surface area (Å²) in [7, 11) is 1.88. The van der Waals surface area contributed by atoms with Crippen LogP contribution in [0.15, 0.2) is 6.20 Å². The summed E-state index contributed by atoms with van der Waals surface area (Å²) in [6.45, 7) is 8.36. The number of carbonyl (C=O) groups excluding carboxylic acids is 1. The Hall–Kier alpha value is -1.36. The van der Waals surface area contributed by atoms with Gasteiger partial charge in [-0.1, -0.05) is 0 Å². The quantitative estimate of drug-likeness (QED) is 0.801. The molecule has 1 heterocycles. The maximum absolute atomic E-state index is 11.4. The predicted octanol–water partition coefficient (Wildman–Crippen LogP) is 1.16. The van der Waals surface area contributed by atoms with Crippen LogP contribution in [0, 0.1) is 6.92 Å². The fourth-order valence-corrected chi connectivity index (χ4v) is 1.50. The number of aryl methyl sites for hydroxylation is 2. The molecule has 0 aliphatic heterocycles. The lowest BCUT2D eigenvalue weighted by Crippen LogP contribution is -2.31. The molecule has 0 aromatic carbocycles. The van der Waals surface area contributed by atoms with Gasteiger partial charge in [0, 0.05) is 25.4 Å². The minimum absolute atomic E-state index is 0.214. The molecule has 1 rings (SSSR count). The SMILES string of the molecule is Cc1nn(C)cc1CNCC(=O)OC(C)(C)C. The molecule has 0 amide bonds. The number of carbonyl (C=O) groups is 1. The second-order valence-corrected chi connectivity index (χ2v) is 5.10. The van der Waals surface area contributed by atoms with Gasteiger partial charge in [-0.05, 0) is 27.7 Å². The van der Waals surface area contributed by atoms with E-state index in [1.807, 2.05) is 40.9 Å². The molecule has 1 aromatic heterocycles. The fraction of sp³-hybridized carbons (Fsp3) is 0.667. The first kappa shape index (κ1) is 13.7. The van der Waals surface area contributed by atoms with Crippen molar-refractivity contribution in [2.45, 2.75) is 39.8 Å². The Labute approximate surface area is 102 Å². The van der Waals surface area contributed by atoms with E-state index in [0.717, 1.165) is 11.3 Å². The molecule has 0 aliphatic carbocycles. The van der Waals surface area contributed by atoms with E-state index in [4.69, 9.17) is 4.74 Å². The summed E-state index contributed by atoms with van der Waals surface area (Å²) >= 11 is 0. The Morgan fingerprint density at radius 3 is 2.65 bits per heavy atom. The molecule has 0 unspecified atom stereocenters. The Morgan fingerprint density at radius 1 is 1.53 bits per heavy atom. The fourth-order valence-electron chi connectivity index (χ4n) is 1.50. The Bertz CT molecular complexity index is 391. The van der Waals surface area contributed by atoms with Gasteiger partial charge in [0.25, 0.3) is 0 Å². The molecule has 0 radical (unpaired) electrons. The highest BCUT2D eigenvalue weighted by Crippen LogP contribution is 2.07. The Kier molecular flexibility index (Phi) is 4.28. The van der Waals surface area contributed by atoms with Crippen LogP contribution < -0.4 is 5.32 Å².